The number of alkyl halides is 1. The van der Waals surface area contributed by atoms with Crippen LogP contribution in [0.1, 0.15) is 38.9 Å². The SMILES string of the molecule is CCCC[I-]n1ccnc1CCC. The van der Waals surface area contributed by atoms with E-state index in [0.29, 0.717) is 0 Å². The molecule has 0 spiro atoms. The van der Waals surface area contributed by atoms with Gasteiger partial charge in [-0.3, -0.25) is 0 Å². The molecule has 3 heteroatoms. The first-order chi connectivity index (χ1) is 6.38. The third-order valence-corrected chi connectivity index (χ3v) is 4.70. The molecule has 1 aromatic rings. The Hall–Kier alpha value is -0.0600. The summed E-state index contributed by atoms with van der Waals surface area (Å²) in [6.45, 7) is 4.47. The maximum absolute atomic E-state index is 4.38. The molecular weight excluding hydrogens is 275 g/mol. The Morgan fingerprint density at radius 2 is 2.23 bits per heavy atom. The summed E-state index contributed by atoms with van der Waals surface area (Å²) in [7, 11) is 0. The minimum absolute atomic E-state index is 0.178. The van der Waals surface area contributed by atoms with Gasteiger partial charge in [0.2, 0.25) is 0 Å². The molecule has 0 atom stereocenters. The summed E-state index contributed by atoms with van der Waals surface area (Å²) in [6, 6.07) is 0. The van der Waals surface area contributed by atoms with E-state index in [9.17, 15) is 0 Å². The van der Waals surface area contributed by atoms with Gasteiger partial charge in [0.15, 0.2) is 0 Å². The van der Waals surface area contributed by atoms with Gasteiger partial charge in [0.05, 0.1) is 0 Å². The molecule has 0 aromatic carbocycles. The van der Waals surface area contributed by atoms with Crippen LogP contribution in [0.15, 0.2) is 12.4 Å². The van der Waals surface area contributed by atoms with Crippen molar-refractivity contribution in [3.05, 3.63) is 18.2 Å². The fraction of sp³-hybridized carbons (Fsp3) is 0.700. The van der Waals surface area contributed by atoms with E-state index < -0.39 is 0 Å². The number of halogens is 1. The Bertz CT molecular complexity index is 233. The average Bonchev–Trinajstić information content (AvgIpc) is 2.54. The van der Waals surface area contributed by atoms with Crippen LogP contribution in [0.2, 0.25) is 0 Å². The van der Waals surface area contributed by atoms with Gasteiger partial charge < -0.3 is 0 Å². The van der Waals surface area contributed by atoms with Crippen LogP contribution in [0.3, 0.4) is 0 Å². The normalized spacial score (nSPS) is 10.9. The van der Waals surface area contributed by atoms with Gasteiger partial charge in [-0.15, -0.1) is 0 Å². The van der Waals surface area contributed by atoms with Gasteiger partial charge in [-0.25, -0.2) is 0 Å². The molecule has 0 bridgehead atoms. The molecule has 0 aliphatic rings. The number of rotatable bonds is 6. The van der Waals surface area contributed by atoms with Crippen LogP contribution >= 0.6 is 0 Å². The average molecular weight is 293 g/mol. The van der Waals surface area contributed by atoms with E-state index in [-0.39, 0.29) is 21.5 Å². The molecule has 0 aliphatic heterocycles. The topological polar surface area (TPSA) is 17.8 Å². The second kappa shape index (κ2) is 6.40. The molecule has 2 nitrogen and oxygen atoms in total. The van der Waals surface area contributed by atoms with Crippen LogP contribution < -0.4 is 21.5 Å². The third kappa shape index (κ3) is 3.67. The molecule has 1 heterocycles. The summed E-state index contributed by atoms with van der Waals surface area (Å²) in [6.07, 6.45) is 9.12. The number of nitrogens with zero attached hydrogens (tertiary/aromatic N) is 2. The van der Waals surface area contributed by atoms with E-state index in [1.54, 1.807) is 0 Å². The van der Waals surface area contributed by atoms with Gasteiger partial charge in [0.25, 0.3) is 0 Å². The molecule has 0 saturated heterocycles. The van der Waals surface area contributed by atoms with E-state index in [1.165, 1.54) is 29.5 Å². The van der Waals surface area contributed by atoms with Gasteiger partial charge in [-0.05, 0) is 0 Å². The van der Waals surface area contributed by atoms with Crippen molar-refractivity contribution in [1.82, 2.24) is 7.76 Å². The molecule has 0 unspecified atom stereocenters. The molecular formula is C10H18IN2-. The molecule has 0 aliphatic carbocycles. The van der Waals surface area contributed by atoms with Crippen molar-refractivity contribution in [2.24, 2.45) is 0 Å². The predicted molar refractivity (Wildman–Crippen MR) is 51.4 cm³/mol. The van der Waals surface area contributed by atoms with Crippen molar-refractivity contribution in [1.29, 1.82) is 0 Å². The Kier molecular flexibility index (Phi) is 5.43. The Balaban J connectivity index is 2.40. The molecule has 13 heavy (non-hydrogen) atoms. The minimum atomic E-state index is 0.178. The van der Waals surface area contributed by atoms with Crippen molar-refractivity contribution in [3.63, 3.8) is 0 Å². The number of aryl methyl sites for hydroxylation is 1. The zero-order valence-electron chi connectivity index (χ0n) is 8.46. The van der Waals surface area contributed by atoms with Gasteiger partial charge >= 0.3 is 91.4 Å². The zero-order valence-corrected chi connectivity index (χ0v) is 10.6. The molecule has 0 N–H and O–H groups in total. The van der Waals surface area contributed by atoms with Crippen molar-refractivity contribution in [2.45, 2.75) is 39.5 Å². The number of hydrogen-bond donors (Lipinski definition) is 0. The first-order valence-corrected chi connectivity index (χ1v) is 7.49. The molecule has 0 saturated carbocycles. The summed E-state index contributed by atoms with van der Waals surface area (Å²) in [5.74, 6) is 1.30. The predicted octanol–water partition coefficient (Wildman–Crippen LogP) is -0.512. The fourth-order valence-electron chi connectivity index (χ4n) is 1.11. The van der Waals surface area contributed by atoms with Crippen LogP contribution in [0.25, 0.3) is 0 Å². The van der Waals surface area contributed by atoms with Crippen molar-refractivity contribution in [3.8, 4) is 0 Å². The van der Waals surface area contributed by atoms with Crippen LogP contribution in [0.4, 0.5) is 0 Å². The number of aromatic nitrogens is 2. The van der Waals surface area contributed by atoms with E-state index >= 15 is 0 Å². The molecule has 76 valence electrons. The molecule has 0 amide bonds. The second-order valence-corrected chi connectivity index (χ2v) is 5.87. The summed E-state index contributed by atoms with van der Waals surface area (Å²) in [4.78, 5) is 4.38. The molecule has 0 radical (unpaired) electrons. The van der Waals surface area contributed by atoms with E-state index in [0.717, 1.165) is 6.42 Å². The Morgan fingerprint density at radius 3 is 2.92 bits per heavy atom. The number of hydrogen-bond acceptors (Lipinski definition) is 1. The van der Waals surface area contributed by atoms with E-state index in [1.807, 2.05) is 6.20 Å². The van der Waals surface area contributed by atoms with Crippen LogP contribution in [0, 0.1) is 0 Å². The van der Waals surface area contributed by atoms with Crippen molar-refractivity contribution in [2.75, 3.05) is 4.43 Å². The summed E-state index contributed by atoms with van der Waals surface area (Å²) in [5.41, 5.74) is 0. The van der Waals surface area contributed by atoms with Gasteiger partial charge in [-0.2, -0.15) is 0 Å². The Labute approximate surface area is 91.4 Å². The first kappa shape index (κ1) is 11.0. The first-order valence-electron chi connectivity index (χ1n) is 5.00. The van der Waals surface area contributed by atoms with Gasteiger partial charge in [0, 0.05) is 0 Å². The van der Waals surface area contributed by atoms with Gasteiger partial charge in [-0.1, -0.05) is 0 Å². The standard InChI is InChI=1S/C10H18IN2/c1-3-5-7-11-13-9-8-12-10(13)6-4-2/h8-9H,3-7H2,1-2H3/q-1. The quantitative estimate of drug-likeness (QED) is 0.392. The fourth-order valence-corrected chi connectivity index (χ4v) is 3.86. The van der Waals surface area contributed by atoms with Crippen LogP contribution in [0.5, 0.6) is 0 Å². The zero-order chi connectivity index (χ0) is 9.52. The molecule has 1 aromatic heterocycles. The van der Waals surface area contributed by atoms with Crippen molar-refractivity contribution >= 4 is 0 Å². The number of imidazole rings is 1. The Morgan fingerprint density at radius 1 is 1.38 bits per heavy atom. The maximum atomic E-state index is 4.38. The van der Waals surface area contributed by atoms with Gasteiger partial charge in [0.1, 0.15) is 0 Å². The van der Waals surface area contributed by atoms with Crippen LogP contribution in [-0.2, 0) is 6.42 Å². The van der Waals surface area contributed by atoms with Crippen molar-refractivity contribution < 1.29 is 21.5 Å². The molecule has 1 rings (SSSR count). The van der Waals surface area contributed by atoms with Crippen LogP contribution in [-0.4, -0.2) is 12.2 Å². The number of unbranched alkanes of at least 4 members (excludes halogenated alkanes) is 1. The monoisotopic (exact) mass is 293 g/mol. The summed E-state index contributed by atoms with van der Waals surface area (Å²) < 4.78 is 3.79. The van der Waals surface area contributed by atoms with E-state index in [2.05, 4.69) is 27.8 Å². The van der Waals surface area contributed by atoms with E-state index in [4.69, 9.17) is 0 Å². The third-order valence-electron chi connectivity index (χ3n) is 1.84. The summed E-state index contributed by atoms with van der Waals surface area (Å²) in [5, 5.41) is 0. The molecule has 0 fully saturated rings. The second-order valence-electron chi connectivity index (χ2n) is 3.07. The summed E-state index contributed by atoms with van der Waals surface area (Å²) >= 11 is 0.178.